The second-order valence-electron chi connectivity index (χ2n) is 6.86. The zero-order chi connectivity index (χ0) is 20.1. The molecule has 27 heavy (non-hydrogen) atoms. The molecule has 0 saturated heterocycles. The molecule has 0 aliphatic rings. The van der Waals surface area contributed by atoms with Gasteiger partial charge in [-0.1, -0.05) is 19.9 Å². The standard InChI is InChI=1S/C22H28N2O3/c1-14(2)17(11-15-7-9-19(23)20(12-15)24(3)4)22(25)18-13-16(26-5)8-10-21(18)27-6/h7-14H,23H2,1-6H3. The van der Waals surface area contributed by atoms with Crippen LogP contribution in [0.25, 0.3) is 6.08 Å². The van der Waals surface area contributed by atoms with Crippen molar-refractivity contribution in [2.24, 2.45) is 5.92 Å². The van der Waals surface area contributed by atoms with Gasteiger partial charge < -0.3 is 20.1 Å². The number of ether oxygens (including phenoxy) is 2. The Hall–Kier alpha value is -2.95. The van der Waals surface area contributed by atoms with E-state index in [1.165, 1.54) is 0 Å². The van der Waals surface area contributed by atoms with E-state index in [4.69, 9.17) is 15.2 Å². The highest BCUT2D eigenvalue weighted by atomic mass is 16.5. The van der Waals surface area contributed by atoms with Crippen molar-refractivity contribution in [2.45, 2.75) is 13.8 Å². The third kappa shape index (κ3) is 4.61. The van der Waals surface area contributed by atoms with Crippen molar-refractivity contribution >= 4 is 23.2 Å². The molecule has 0 amide bonds. The van der Waals surface area contributed by atoms with Gasteiger partial charge in [-0.25, -0.2) is 0 Å². The normalized spacial score (nSPS) is 11.4. The third-order valence-electron chi connectivity index (χ3n) is 4.39. The highest BCUT2D eigenvalue weighted by Crippen LogP contribution is 2.30. The van der Waals surface area contributed by atoms with E-state index >= 15 is 0 Å². The first-order valence-electron chi connectivity index (χ1n) is 8.83. The molecule has 0 unspecified atom stereocenters. The molecule has 2 aromatic rings. The fraction of sp³-hybridized carbons (Fsp3) is 0.318. The maximum Gasteiger partial charge on any atom is 0.193 e. The summed E-state index contributed by atoms with van der Waals surface area (Å²) in [6.45, 7) is 4.00. The summed E-state index contributed by atoms with van der Waals surface area (Å²) < 4.78 is 10.7. The van der Waals surface area contributed by atoms with Gasteiger partial charge in [0.1, 0.15) is 11.5 Å². The number of ketones is 1. The lowest BCUT2D eigenvalue weighted by Gasteiger charge is -2.17. The molecular weight excluding hydrogens is 340 g/mol. The monoisotopic (exact) mass is 368 g/mol. The summed E-state index contributed by atoms with van der Waals surface area (Å²) in [5.41, 5.74) is 9.76. The minimum atomic E-state index is -0.0796. The maximum absolute atomic E-state index is 13.3. The smallest absolute Gasteiger partial charge is 0.193 e. The molecule has 0 heterocycles. The van der Waals surface area contributed by atoms with Crippen LogP contribution >= 0.6 is 0 Å². The van der Waals surface area contributed by atoms with Gasteiger partial charge in [-0.05, 0) is 47.9 Å². The van der Waals surface area contributed by atoms with Crippen LogP contribution in [-0.4, -0.2) is 34.1 Å². The van der Waals surface area contributed by atoms with Gasteiger partial charge >= 0.3 is 0 Å². The quantitative estimate of drug-likeness (QED) is 0.449. The summed E-state index contributed by atoms with van der Waals surface area (Å²) >= 11 is 0. The van der Waals surface area contributed by atoms with Crippen molar-refractivity contribution in [1.82, 2.24) is 0 Å². The largest absolute Gasteiger partial charge is 0.497 e. The van der Waals surface area contributed by atoms with E-state index in [0.29, 0.717) is 28.3 Å². The average molecular weight is 368 g/mol. The van der Waals surface area contributed by atoms with Crippen LogP contribution in [0.1, 0.15) is 29.8 Å². The van der Waals surface area contributed by atoms with Crippen molar-refractivity contribution in [2.75, 3.05) is 38.9 Å². The number of benzene rings is 2. The number of nitrogens with zero attached hydrogens (tertiary/aromatic N) is 1. The van der Waals surface area contributed by atoms with Crippen molar-refractivity contribution in [3.05, 3.63) is 53.1 Å². The molecule has 0 aliphatic heterocycles. The van der Waals surface area contributed by atoms with Crippen LogP contribution < -0.4 is 20.1 Å². The van der Waals surface area contributed by atoms with Crippen LogP contribution in [0.4, 0.5) is 11.4 Å². The Morgan fingerprint density at radius 3 is 2.33 bits per heavy atom. The van der Waals surface area contributed by atoms with Crippen molar-refractivity contribution < 1.29 is 14.3 Å². The van der Waals surface area contributed by atoms with Gasteiger partial charge in [-0.2, -0.15) is 0 Å². The van der Waals surface area contributed by atoms with Gasteiger partial charge in [0.05, 0.1) is 31.2 Å². The van der Waals surface area contributed by atoms with E-state index < -0.39 is 0 Å². The molecule has 5 heteroatoms. The molecule has 0 saturated carbocycles. The molecule has 0 fully saturated rings. The molecule has 2 aromatic carbocycles. The third-order valence-corrected chi connectivity index (χ3v) is 4.39. The highest BCUT2D eigenvalue weighted by molar-refractivity contribution is 6.13. The zero-order valence-electron chi connectivity index (χ0n) is 16.9. The fourth-order valence-corrected chi connectivity index (χ4v) is 2.86. The molecule has 0 spiro atoms. The topological polar surface area (TPSA) is 64.8 Å². The predicted octanol–water partition coefficient (Wildman–Crippen LogP) is 4.27. The minimum Gasteiger partial charge on any atom is -0.497 e. The predicted molar refractivity (Wildman–Crippen MR) is 112 cm³/mol. The summed E-state index contributed by atoms with van der Waals surface area (Å²) in [5, 5.41) is 0. The number of Topliss-reactive ketones (excluding diaryl/α,β-unsaturated/α-hetero) is 1. The van der Waals surface area contributed by atoms with Crippen LogP contribution in [-0.2, 0) is 0 Å². The number of nitrogen functional groups attached to an aromatic ring is 1. The van der Waals surface area contributed by atoms with E-state index in [1.54, 1.807) is 32.4 Å². The van der Waals surface area contributed by atoms with Crippen LogP contribution in [0, 0.1) is 5.92 Å². The van der Waals surface area contributed by atoms with Crippen LogP contribution in [0.3, 0.4) is 0 Å². The first kappa shape index (κ1) is 20.4. The molecule has 2 rings (SSSR count). The Labute approximate surface area is 161 Å². The Morgan fingerprint density at radius 2 is 1.78 bits per heavy atom. The molecule has 0 radical (unpaired) electrons. The first-order chi connectivity index (χ1) is 12.8. The van der Waals surface area contributed by atoms with E-state index in [1.807, 2.05) is 57.1 Å². The SMILES string of the molecule is COc1ccc(OC)c(C(=O)C(=Cc2ccc(N)c(N(C)C)c2)C(C)C)c1. The summed E-state index contributed by atoms with van der Waals surface area (Å²) in [7, 11) is 7.01. The Balaban J connectivity index is 2.54. The second kappa shape index (κ2) is 8.62. The Kier molecular flexibility index (Phi) is 6.50. The highest BCUT2D eigenvalue weighted by Gasteiger charge is 2.20. The van der Waals surface area contributed by atoms with Gasteiger partial charge in [0.2, 0.25) is 0 Å². The number of nitrogens with two attached hydrogens (primary N) is 1. The molecule has 0 aromatic heterocycles. The lowest BCUT2D eigenvalue weighted by molar-refractivity contribution is 0.102. The lowest BCUT2D eigenvalue weighted by Crippen LogP contribution is -2.12. The number of rotatable bonds is 7. The van der Waals surface area contributed by atoms with Gasteiger partial charge in [-0.3, -0.25) is 4.79 Å². The number of carbonyl (C=O) groups is 1. The van der Waals surface area contributed by atoms with Gasteiger partial charge in [0, 0.05) is 19.7 Å². The number of anilines is 2. The van der Waals surface area contributed by atoms with E-state index in [9.17, 15) is 4.79 Å². The van der Waals surface area contributed by atoms with Gasteiger partial charge in [0.15, 0.2) is 5.78 Å². The fourth-order valence-electron chi connectivity index (χ4n) is 2.86. The minimum absolute atomic E-state index is 0.0359. The van der Waals surface area contributed by atoms with Crippen LogP contribution in [0.15, 0.2) is 42.0 Å². The number of carbonyl (C=O) groups excluding carboxylic acids is 1. The number of methoxy groups -OCH3 is 2. The first-order valence-corrected chi connectivity index (χ1v) is 8.83. The van der Waals surface area contributed by atoms with Gasteiger partial charge in [0.25, 0.3) is 0 Å². The summed E-state index contributed by atoms with van der Waals surface area (Å²) in [6, 6.07) is 11.0. The zero-order valence-corrected chi connectivity index (χ0v) is 16.9. The average Bonchev–Trinajstić information content (AvgIpc) is 2.65. The maximum atomic E-state index is 13.3. The summed E-state index contributed by atoms with van der Waals surface area (Å²) in [4.78, 5) is 15.2. The van der Waals surface area contributed by atoms with E-state index in [0.717, 1.165) is 11.3 Å². The molecular formula is C22H28N2O3. The van der Waals surface area contributed by atoms with Gasteiger partial charge in [-0.15, -0.1) is 0 Å². The molecule has 0 atom stereocenters. The van der Waals surface area contributed by atoms with E-state index in [-0.39, 0.29) is 11.7 Å². The summed E-state index contributed by atoms with van der Waals surface area (Å²) in [6.07, 6.45) is 1.92. The second-order valence-corrected chi connectivity index (χ2v) is 6.86. The molecule has 144 valence electrons. The lowest BCUT2D eigenvalue weighted by atomic mass is 9.91. The molecule has 0 aliphatic carbocycles. The Bertz CT molecular complexity index is 855. The van der Waals surface area contributed by atoms with Crippen molar-refractivity contribution in [3.63, 3.8) is 0 Å². The Morgan fingerprint density at radius 1 is 1.07 bits per heavy atom. The molecule has 5 nitrogen and oxygen atoms in total. The van der Waals surface area contributed by atoms with Crippen molar-refractivity contribution in [1.29, 1.82) is 0 Å². The number of hydrogen-bond acceptors (Lipinski definition) is 5. The number of hydrogen-bond donors (Lipinski definition) is 1. The van der Waals surface area contributed by atoms with E-state index in [2.05, 4.69) is 0 Å². The van der Waals surface area contributed by atoms with Crippen LogP contribution in [0.2, 0.25) is 0 Å². The molecule has 0 bridgehead atoms. The van der Waals surface area contributed by atoms with Crippen molar-refractivity contribution in [3.8, 4) is 11.5 Å². The summed E-state index contributed by atoms with van der Waals surface area (Å²) in [5.74, 6) is 1.10. The number of allylic oxidation sites excluding steroid dienone is 1. The van der Waals surface area contributed by atoms with Crippen LogP contribution in [0.5, 0.6) is 11.5 Å². The molecule has 2 N–H and O–H groups in total.